The van der Waals surface area contributed by atoms with Crippen LogP contribution < -0.4 is 15.4 Å². The lowest BCUT2D eigenvalue weighted by molar-refractivity contribution is 0.0992. The highest BCUT2D eigenvalue weighted by molar-refractivity contribution is 6.42. The van der Waals surface area contributed by atoms with E-state index in [1.807, 2.05) is 6.92 Å². The molecule has 10 nitrogen and oxygen atoms in total. The molecule has 1 aromatic carbocycles. The summed E-state index contributed by atoms with van der Waals surface area (Å²) >= 11 is 12.1. The first kappa shape index (κ1) is 23.4. The van der Waals surface area contributed by atoms with Crippen LogP contribution in [0.1, 0.15) is 32.5 Å². The van der Waals surface area contributed by atoms with E-state index in [1.165, 1.54) is 16.9 Å². The molecule has 0 atom stereocenters. The highest BCUT2D eigenvalue weighted by atomic mass is 35.5. The molecule has 0 saturated heterocycles. The smallest absolute Gasteiger partial charge is 0.291 e. The van der Waals surface area contributed by atoms with Gasteiger partial charge in [0.15, 0.2) is 5.76 Å². The van der Waals surface area contributed by atoms with E-state index < -0.39 is 11.8 Å². The zero-order valence-corrected chi connectivity index (χ0v) is 19.9. The number of hydrogen-bond acceptors (Lipinski definition) is 6. The molecule has 3 heterocycles. The van der Waals surface area contributed by atoms with Crippen LogP contribution >= 0.6 is 23.2 Å². The standard InChI is InChI=1S/C22H20Cl2N6O4/c1-12-15(9-25-29(12)2)27-22(32)20-16(10-26-30(20)3)28-21(31)18-8-7-13(34-18)11-33-17-6-4-5-14(23)19(17)24/h4-10H,11H2,1-3H3,(H,27,32)(H,28,31). The van der Waals surface area contributed by atoms with Gasteiger partial charge in [0, 0.05) is 14.1 Å². The molecule has 2 N–H and O–H groups in total. The average Bonchev–Trinajstić information content (AvgIpc) is 3.50. The Morgan fingerprint density at radius 2 is 1.71 bits per heavy atom. The number of anilines is 2. The molecule has 0 spiro atoms. The van der Waals surface area contributed by atoms with E-state index in [4.69, 9.17) is 32.4 Å². The van der Waals surface area contributed by atoms with Gasteiger partial charge in [0.25, 0.3) is 11.8 Å². The summed E-state index contributed by atoms with van der Waals surface area (Å²) in [5.41, 5.74) is 1.74. The molecule has 0 unspecified atom stereocenters. The third-order valence-corrected chi connectivity index (χ3v) is 5.86. The minimum absolute atomic E-state index is 0.0362. The van der Waals surface area contributed by atoms with E-state index in [1.54, 1.807) is 49.2 Å². The highest BCUT2D eigenvalue weighted by Gasteiger charge is 2.22. The lowest BCUT2D eigenvalue weighted by atomic mass is 10.3. The summed E-state index contributed by atoms with van der Waals surface area (Å²) in [6, 6.07) is 8.14. The third-order valence-electron chi connectivity index (χ3n) is 5.06. The number of aromatic nitrogens is 4. The molecular formula is C22H20Cl2N6O4. The first-order chi connectivity index (χ1) is 16.2. The SMILES string of the molecule is Cc1c(NC(=O)c2c(NC(=O)c3ccc(COc4cccc(Cl)c4Cl)o3)cnn2C)cnn1C. The number of furan rings is 1. The molecule has 0 saturated carbocycles. The normalized spacial score (nSPS) is 10.9. The summed E-state index contributed by atoms with van der Waals surface area (Å²) in [7, 11) is 3.37. The van der Waals surface area contributed by atoms with Crippen molar-refractivity contribution in [2.24, 2.45) is 14.1 Å². The lowest BCUT2D eigenvalue weighted by Gasteiger charge is -2.08. The van der Waals surface area contributed by atoms with Crippen molar-refractivity contribution in [1.82, 2.24) is 19.6 Å². The van der Waals surface area contributed by atoms with Gasteiger partial charge in [-0.1, -0.05) is 29.3 Å². The molecule has 0 aliphatic rings. The predicted molar refractivity (Wildman–Crippen MR) is 127 cm³/mol. The minimum Gasteiger partial charge on any atom is -0.484 e. The van der Waals surface area contributed by atoms with Crippen molar-refractivity contribution < 1.29 is 18.7 Å². The van der Waals surface area contributed by atoms with Crippen molar-refractivity contribution in [2.45, 2.75) is 13.5 Å². The van der Waals surface area contributed by atoms with E-state index in [9.17, 15) is 9.59 Å². The molecule has 34 heavy (non-hydrogen) atoms. The minimum atomic E-state index is -0.549. The number of nitrogens with one attached hydrogen (secondary N) is 2. The van der Waals surface area contributed by atoms with Crippen LogP contribution in [-0.4, -0.2) is 31.4 Å². The Morgan fingerprint density at radius 3 is 2.44 bits per heavy atom. The number of carbonyl (C=O) groups is 2. The predicted octanol–water partition coefficient (Wildman–Crippen LogP) is 4.45. The van der Waals surface area contributed by atoms with Crippen LogP contribution in [0.3, 0.4) is 0 Å². The van der Waals surface area contributed by atoms with Gasteiger partial charge in [-0.25, -0.2) is 0 Å². The van der Waals surface area contributed by atoms with Crippen LogP contribution in [0, 0.1) is 6.92 Å². The Hall–Kier alpha value is -3.76. The zero-order valence-electron chi connectivity index (χ0n) is 18.4. The molecule has 0 aliphatic heterocycles. The number of nitrogens with zero attached hydrogens (tertiary/aromatic N) is 4. The summed E-state index contributed by atoms with van der Waals surface area (Å²) in [6.45, 7) is 1.87. The van der Waals surface area contributed by atoms with Gasteiger partial charge < -0.3 is 19.8 Å². The summed E-state index contributed by atoms with van der Waals surface area (Å²) in [4.78, 5) is 25.6. The maximum atomic E-state index is 12.9. The molecule has 2 amide bonds. The van der Waals surface area contributed by atoms with Gasteiger partial charge in [0.1, 0.15) is 28.8 Å². The molecule has 4 aromatic rings. The Labute approximate surface area is 204 Å². The van der Waals surface area contributed by atoms with Gasteiger partial charge in [-0.05, 0) is 31.2 Å². The molecule has 0 aliphatic carbocycles. The van der Waals surface area contributed by atoms with Crippen molar-refractivity contribution >= 4 is 46.4 Å². The summed E-state index contributed by atoms with van der Waals surface area (Å²) in [5, 5.41) is 14.3. The third kappa shape index (κ3) is 4.78. The quantitative estimate of drug-likeness (QED) is 0.385. The van der Waals surface area contributed by atoms with Crippen LogP contribution in [0.2, 0.25) is 10.0 Å². The number of carbonyl (C=O) groups excluding carboxylic acids is 2. The highest BCUT2D eigenvalue weighted by Crippen LogP contribution is 2.32. The van der Waals surface area contributed by atoms with Gasteiger partial charge in [-0.15, -0.1) is 0 Å². The second kappa shape index (κ2) is 9.62. The lowest BCUT2D eigenvalue weighted by Crippen LogP contribution is -2.20. The number of aryl methyl sites for hydroxylation is 2. The van der Waals surface area contributed by atoms with Gasteiger partial charge in [-0.2, -0.15) is 10.2 Å². The van der Waals surface area contributed by atoms with Crippen molar-refractivity contribution in [3.05, 3.63) is 75.7 Å². The molecule has 3 aromatic heterocycles. The number of halogens is 2. The van der Waals surface area contributed by atoms with Crippen molar-refractivity contribution in [3.63, 3.8) is 0 Å². The first-order valence-electron chi connectivity index (χ1n) is 10.0. The van der Waals surface area contributed by atoms with Crippen molar-refractivity contribution in [2.75, 3.05) is 10.6 Å². The van der Waals surface area contributed by atoms with Crippen LogP contribution in [0.4, 0.5) is 11.4 Å². The number of hydrogen-bond donors (Lipinski definition) is 2. The molecule has 0 bridgehead atoms. The molecular weight excluding hydrogens is 483 g/mol. The second-order valence-corrected chi connectivity index (χ2v) is 8.10. The number of benzene rings is 1. The molecule has 4 rings (SSSR count). The van der Waals surface area contributed by atoms with Crippen LogP contribution in [0.25, 0.3) is 0 Å². The summed E-state index contributed by atoms with van der Waals surface area (Å²) < 4.78 is 14.2. The number of ether oxygens (including phenoxy) is 1. The van der Waals surface area contributed by atoms with E-state index in [-0.39, 0.29) is 28.8 Å². The Balaban J connectivity index is 1.43. The summed E-state index contributed by atoms with van der Waals surface area (Å²) in [6.07, 6.45) is 2.93. The summed E-state index contributed by atoms with van der Waals surface area (Å²) in [5.74, 6) is -0.164. The monoisotopic (exact) mass is 502 g/mol. The van der Waals surface area contributed by atoms with Crippen molar-refractivity contribution in [3.8, 4) is 5.75 Å². The average molecular weight is 503 g/mol. The second-order valence-electron chi connectivity index (χ2n) is 7.31. The Kier molecular flexibility index (Phi) is 6.62. The topological polar surface area (TPSA) is 116 Å². The molecule has 0 radical (unpaired) electrons. The van der Waals surface area contributed by atoms with E-state index in [2.05, 4.69) is 20.8 Å². The number of amides is 2. The van der Waals surface area contributed by atoms with E-state index in [0.717, 1.165) is 5.69 Å². The molecule has 176 valence electrons. The molecule has 12 heteroatoms. The largest absolute Gasteiger partial charge is 0.484 e. The van der Waals surface area contributed by atoms with Gasteiger partial charge >= 0.3 is 0 Å². The maximum Gasteiger partial charge on any atom is 0.291 e. The van der Waals surface area contributed by atoms with Crippen LogP contribution in [-0.2, 0) is 20.7 Å². The van der Waals surface area contributed by atoms with Crippen molar-refractivity contribution in [1.29, 1.82) is 0 Å². The number of rotatable bonds is 7. The van der Waals surface area contributed by atoms with Gasteiger partial charge in [0.05, 0.1) is 34.5 Å². The van der Waals surface area contributed by atoms with E-state index >= 15 is 0 Å². The van der Waals surface area contributed by atoms with E-state index in [0.29, 0.717) is 22.2 Å². The van der Waals surface area contributed by atoms with Crippen LogP contribution in [0.15, 0.2) is 47.1 Å². The molecule has 0 fully saturated rings. The fraction of sp³-hybridized carbons (Fsp3) is 0.182. The first-order valence-corrected chi connectivity index (χ1v) is 10.8. The Bertz CT molecular complexity index is 1370. The zero-order chi connectivity index (χ0) is 24.4. The fourth-order valence-corrected chi connectivity index (χ4v) is 3.45. The Morgan fingerprint density at radius 1 is 1.00 bits per heavy atom. The maximum absolute atomic E-state index is 12.9. The van der Waals surface area contributed by atoms with Crippen LogP contribution in [0.5, 0.6) is 5.75 Å². The fourth-order valence-electron chi connectivity index (χ4n) is 3.11. The van der Waals surface area contributed by atoms with Gasteiger partial charge in [-0.3, -0.25) is 19.0 Å². The van der Waals surface area contributed by atoms with Gasteiger partial charge in [0.2, 0.25) is 0 Å².